The molecule has 0 atom stereocenters. The molecular weight excluding hydrogens is 272 g/mol. The van der Waals surface area contributed by atoms with Gasteiger partial charge >= 0.3 is 0 Å². The van der Waals surface area contributed by atoms with Crippen LogP contribution in [0.2, 0.25) is 0 Å². The Hall–Kier alpha value is -2.62. The monoisotopic (exact) mass is 292 g/mol. The molecule has 0 amide bonds. The first-order chi connectivity index (χ1) is 10.4. The summed E-state index contributed by atoms with van der Waals surface area (Å²) < 4.78 is 0. The lowest BCUT2D eigenvalue weighted by Gasteiger charge is -2.15. The van der Waals surface area contributed by atoms with E-state index < -0.39 is 0 Å². The molecular formula is C18H20N4. The van der Waals surface area contributed by atoms with E-state index in [1.165, 1.54) is 22.3 Å². The van der Waals surface area contributed by atoms with Crippen molar-refractivity contribution in [2.45, 2.75) is 27.7 Å². The van der Waals surface area contributed by atoms with Gasteiger partial charge in [0.2, 0.25) is 5.95 Å². The van der Waals surface area contributed by atoms with Crippen LogP contribution >= 0.6 is 0 Å². The standard InChI is InChI=1S/C18H20N4/c1-9-7-11(3)14(8-10(9)2)13-5-6-15-16(12(13)4)17(19)22-18(20)21-15/h5-8H,1-4H3,(H4,19,20,21,22). The number of nitrogens with zero attached hydrogens (tertiary/aromatic N) is 2. The Morgan fingerprint density at radius 3 is 2.18 bits per heavy atom. The lowest BCUT2D eigenvalue weighted by molar-refractivity contribution is 1.24. The number of rotatable bonds is 1. The zero-order valence-corrected chi connectivity index (χ0v) is 13.4. The highest BCUT2D eigenvalue weighted by Crippen LogP contribution is 2.34. The molecule has 1 aromatic heterocycles. The molecule has 3 rings (SSSR count). The van der Waals surface area contributed by atoms with Gasteiger partial charge in [0, 0.05) is 5.39 Å². The summed E-state index contributed by atoms with van der Waals surface area (Å²) in [5, 5.41) is 0.879. The van der Waals surface area contributed by atoms with Gasteiger partial charge in [-0.25, -0.2) is 4.98 Å². The normalized spacial score (nSPS) is 11.1. The Morgan fingerprint density at radius 2 is 1.45 bits per heavy atom. The summed E-state index contributed by atoms with van der Waals surface area (Å²) >= 11 is 0. The average molecular weight is 292 g/mol. The van der Waals surface area contributed by atoms with Gasteiger partial charge in [-0.3, -0.25) is 0 Å². The zero-order valence-electron chi connectivity index (χ0n) is 13.4. The predicted octanol–water partition coefficient (Wildman–Crippen LogP) is 3.69. The molecule has 22 heavy (non-hydrogen) atoms. The number of nitrogens with two attached hydrogens (primary N) is 2. The van der Waals surface area contributed by atoms with Crippen molar-refractivity contribution in [1.29, 1.82) is 0 Å². The Kier molecular flexibility index (Phi) is 3.24. The maximum Gasteiger partial charge on any atom is 0.222 e. The molecule has 4 heteroatoms. The second-order valence-corrected chi connectivity index (χ2v) is 5.85. The molecule has 2 aromatic carbocycles. The highest BCUT2D eigenvalue weighted by atomic mass is 15.0. The summed E-state index contributed by atoms with van der Waals surface area (Å²) in [7, 11) is 0. The molecule has 0 aliphatic rings. The van der Waals surface area contributed by atoms with E-state index in [4.69, 9.17) is 11.5 Å². The number of anilines is 2. The first-order valence-electron chi connectivity index (χ1n) is 7.29. The Morgan fingerprint density at radius 1 is 0.773 bits per heavy atom. The van der Waals surface area contributed by atoms with Gasteiger partial charge in [-0.15, -0.1) is 0 Å². The Labute approximate surface area is 130 Å². The summed E-state index contributed by atoms with van der Waals surface area (Å²) in [5.41, 5.74) is 19.8. The molecule has 0 bridgehead atoms. The number of fused-ring (bicyclic) bond motifs is 1. The highest BCUT2D eigenvalue weighted by Gasteiger charge is 2.13. The van der Waals surface area contributed by atoms with Crippen LogP contribution < -0.4 is 11.5 Å². The minimum Gasteiger partial charge on any atom is -0.383 e. The van der Waals surface area contributed by atoms with E-state index in [-0.39, 0.29) is 5.95 Å². The second kappa shape index (κ2) is 4.98. The van der Waals surface area contributed by atoms with E-state index in [9.17, 15) is 0 Å². The third-order valence-corrected chi connectivity index (χ3v) is 4.30. The molecule has 4 N–H and O–H groups in total. The third kappa shape index (κ3) is 2.17. The van der Waals surface area contributed by atoms with Gasteiger partial charge in [0.05, 0.1) is 5.52 Å². The number of hydrogen-bond acceptors (Lipinski definition) is 4. The van der Waals surface area contributed by atoms with Crippen molar-refractivity contribution < 1.29 is 0 Å². The zero-order chi connectivity index (χ0) is 16.0. The highest BCUT2D eigenvalue weighted by molar-refractivity contribution is 5.96. The molecule has 0 saturated carbocycles. The van der Waals surface area contributed by atoms with E-state index in [1.54, 1.807) is 0 Å². The lowest BCUT2D eigenvalue weighted by atomic mass is 9.91. The van der Waals surface area contributed by atoms with Crippen LogP contribution in [0.3, 0.4) is 0 Å². The van der Waals surface area contributed by atoms with Crippen LogP contribution in [0.15, 0.2) is 24.3 Å². The van der Waals surface area contributed by atoms with E-state index in [1.807, 2.05) is 6.07 Å². The maximum atomic E-state index is 6.07. The first-order valence-corrected chi connectivity index (χ1v) is 7.29. The topological polar surface area (TPSA) is 77.8 Å². The summed E-state index contributed by atoms with van der Waals surface area (Å²) in [5.74, 6) is 0.642. The predicted molar refractivity (Wildman–Crippen MR) is 92.7 cm³/mol. The van der Waals surface area contributed by atoms with Crippen LogP contribution in [0.5, 0.6) is 0 Å². The number of aryl methyl sites for hydroxylation is 4. The number of hydrogen-bond donors (Lipinski definition) is 2. The molecule has 0 fully saturated rings. The summed E-state index contributed by atoms with van der Waals surface area (Å²) in [6.07, 6.45) is 0. The lowest BCUT2D eigenvalue weighted by Crippen LogP contribution is -2.02. The van der Waals surface area contributed by atoms with Crippen LogP contribution in [0.25, 0.3) is 22.0 Å². The summed E-state index contributed by atoms with van der Waals surface area (Å²) in [6, 6.07) is 8.49. The van der Waals surface area contributed by atoms with Crippen molar-refractivity contribution in [3.63, 3.8) is 0 Å². The molecule has 112 valence electrons. The van der Waals surface area contributed by atoms with Crippen molar-refractivity contribution in [2.24, 2.45) is 0 Å². The quantitative estimate of drug-likeness (QED) is 0.717. The van der Waals surface area contributed by atoms with Crippen molar-refractivity contribution in [1.82, 2.24) is 9.97 Å². The van der Waals surface area contributed by atoms with Crippen molar-refractivity contribution in [3.05, 3.63) is 46.5 Å². The van der Waals surface area contributed by atoms with E-state index in [0.717, 1.165) is 22.0 Å². The summed E-state index contributed by atoms with van der Waals surface area (Å²) in [6.45, 7) is 8.46. The molecule has 0 aliphatic carbocycles. The smallest absolute Gasteiger partial charge is 0.222 e. The van der Waals surface area contributed by atoms with Gasteiger partial charge in [-0.05, 0) is 67.1 Å². The van der Waals surface area contributed by atoms with E-state index >= 15 is 0 Å². The molecule has 0 saturated heterocycles. The van der Waals surface area contributed by atoms with Crippen molar-refractivity contribution in [2.75, 3.05) is 11.5 Å². The van der Waals surface area contributed by atoms with Crippen molar-refractivity contribution >= 4 is 22.7 Å². The Balaban J connectivity index is 2.34. The van der Waals surface area contributed by atoms with Gasteiger partial charge in [-0.2, -0.15) is 4.98 Å². The van der Waals surface area contributed by atoms with Gasteiger partial charge in [-0.1, -0.05) is 18.2 Å². The van der Waals surface area contributed by atoms with E-state index in [2.05, 4.69) is 55.9 Å². The van der Waals surface area contributed by atoms with Crippen LogP contribution in [0.4, 0.5) is 11.8 Å². The van der Waals surface area contributed by atoms with Gasteiger partial charge in [0.1, 0.15) is 5.82 Å². The fourth-order valence-corrected chi connectivity index (χ4v) is 2.98. The molecule has 1 heterocycles. The number of benzene rings is 2. The Bertz CT molecular complexity index is 897. The fourth-order valence-electron chi connectivity index (χ4n) is 2.98. The molecule has 0 aliphatic heterocycles. The number of aromatic nitrogens is 2. The van der Waals surface area contributed by atoms with Gasteiger partial charge < -0.3 is 11.5 Å². The minimum atomic E-state index is 0.208. The largest absolute Gasteiger partial charge is 0.383 e. The third-order valence-electron chi connectivity index (χ3n) is 4.30. The number of nitrogen functional groups attached to an aromatic ring is 2. The van der Waals surface area contributed by atoms with Crippen LogP contribution in [-0.2, 0) is 0 Å². The summed E-state index contributed by atoms with van der Waals surface area (Å²) in [4.78, 5) is 8.37. The SMILES string of the molecule is Cc1cc(C)c(-c2ccc3nc(N)nc(N)c3c2C)cc1C. The van der Waals surface area contributed by atoms with Gasteiger partial charge in [0.25, 0.3) is 0 Å². The van der Waals surface area contributed by atoms with Crippen LogP contribution in [0, 0.1) is 27.7 Å². The molecule has 4 nitrogen and oxygen atoms in total. The first kappa shape index (κ1) is 14.3. The van der Waals surface area contributed by atoms with E-state index in [0.29, 0.717) is 5.82 Å². The molecule has 0 unspecified atom stereocenters. The minimum absolute atomic E-state index is 0.208. The maximum absolute atomic E-state index is 6.07. The average Bonchev–Trinajstić information content (AvgIpc) is 2.43. The van der Waals surface area contributed by atoms with Crippen LogP contribution in [0.1, 0.15) is 22.3 Å². The van der Waals surface area contributed by atoms with Crippen LogP contribution in [-0.4, -0.2) is 9.97 Å². The van der Waals surface area contributed by atoms with Crippen molar-refractivity contribution in [3.8, 4) is 11.1 Å². The second-order valence-electron chi connectivity index (χ2n) is 5.85. The molecule has 0 spiro atoms. The van der Waals surface area contributed by atoms with Gasteiger partial charge in [0.15, 0.2) is 0 Å². The molecule has 3 aromatic rings. The fraction of sp³-hybridized carbons (Fsp3) is 0.222. The molecule has 0 radical (unpaired) electrons.